The van der Waals surface area contributed by atoms with Crippen LogP contribution < -0.4 is 0 Å². The molecule has 0 N–H and O–H groups in total. The first-order valence-corrected chi connectivity index (χ1v) is 8.93. The summed E-state index contributed by atoms with van der Waals surface area (Å²) in [4.78, 5) is 29.7. The fourth-order valence-electron chi connectivity index (χ4n) is 2.89. The Morgan fingerprint density at radius 3 is 2.38 bits per heavy atom. The highest BCUT2D eigenvalue weighted by atomic mass is 32.2. The Balaban J connectivity index is 2.69. The second-order valence-corrected chi connectivity index (χ2v) is 7.21. The van der Waals surface area contributed by atoms with Crippen LogP contribution >= 0.6 is 11.8 Å². The standard InChI is InChI=1S/C16H27NO3S/c1-5-13(17-20-6-2)16-14(18)9-12(10-15(16)19)8-11(4)21-7-3/h11-12,16H,5-10H2,1-4H3. The van der Waals surface area contributed by atoms with Gasteiger partial charge in [0, 0.05) is 18.1 Å². The number of oxime groups is 1. The molecule has 1 unspecified atom stereocenters. The van der Waals surface area contributed by atoms with E-state index >= 15 is 0 Å². The molecule has 0 aliphatic heterocycles. The summed E-state index contributed by atoms with van der Waals surface area (Å²) >= 11 is 1.88. The summed E-state index contributed by atoms with van der Waals surface area (Å²) in [6, 6.07) is 0. The van der Waals surface area contributed by atoms with Crippen molar-refractivity contribution in [2.24, 2.45) is 17.0 Å². The minimum absolute atomic E-state index is 0.0188. The van der Waals surface area contributed by atoms with Crippen molar-refractivity contribution in [1.29, 1.82) is 0 Å². The summed E-state index contributed by atoms with van der Waals surface area (Å²) < 4.78 is 0. The van der Waals surface area contributed by atoms with E-state index in [2.05, 4.69) is 19.0 Å². The lowest BCUT2D eigenvalue weighted by molar-refractivity contribution is -0.134. The number of hydrogen-bond acceptors (Lipinski definition) is 5. The van der Waals surface area contributed by atoms with Crippen LogP contribution in [0.15, 0.2) is 5.16 Å². The van der Waals surface area contributed by atoms with Crippen LogP contribution in [0.3, 0.4) is 0 Å². The monoisotopic (exact) mass is 313 g/mol. The van der Waals surface area contributed by atoms with E-state index in [1.807, 2.05) is 25.6 Å². The highest BCUT2D eigenvalue weighted by Crippen LogP contribution is 2.31. The fraction of sp³-hybridized carbons (Fsp3) is 0.812. The van der Waals surface area contributed by atoms with Crippen molar-refractivity contribution in [3.05, 3.63) is 0 Å². The Labute approximate surface area is 132 Å². The summed E-state index contributed by atoms with van der Waals surface area (Å²) in [5, 5.41) is 4.47. The zero-order chi connectivity index (χ0) is 15.8. The first-order valence-electron chi connectivity index (χ1n) is 7.89. The molecular weight excluding hydrogens is 286 g/mol. The topological polar surface area (TPSA) is 55.7 Å². The number of rotatable bonds is 8. The molecule has 0 aromatic rings. The van der Waals surface area contributed by atoms with Crippen molar-refractivity contribution >= 4 is 29.0 Å². The molecule has 120 valence electrons. The Morgan fingerprint density at radius 1 is 1.29 bits per heavy atom. The number of carbonyl (C=O) groups is 2. The predicted molar refractivity (Wildman–Crippen MR) is 87.8 cm³/mol. The lowest BCUT2D eigenvalue weighted by Gasteiger charge is -2.28. The molecule has 5 heteroatoms. The molecule has 0 aromatic carbocycles. The molecule has 1 saturated carbocycles. The molecule has 1 fully saturated rings. The average molecular weight is 313 g/mol. The maximum Gasteiger partial charge on any atom is 0.149 e. The third-order valence-electron chi connectivity index (χ3n) is 3.75. The summed E-state index contributed by atoms with van der Waals surface area (Å²) in [5.74, 6) is 0.641. The molecule has 0 spiro atoms. The number of hydrogen-bond donors (Lipinski definition) is 0. The van der Waals surface area contributed by atoms with Crippen LogP contribution in [0.4, 0.5) is 0 Å². The maximum absolute atomic E-state index is 12.4. The number of nitrogens with zero attached hydrogens (tertiary/aromatic N) is 1. The van der Waals surface area contributed by atoms with Crippen LogP contribution in [0.2, 0.25) is 0 Å². The van der Waals surface area contributed by atoms with Gasteiger partial charge in [0.2, 0.25) is 0 Å². The highest BCUT2D eigenvalue weighted by Gasteiger charge is 2.38. The van der Waals surface area contributed by atoms with Gasteiger partial charge in [0.15, 0.2) is 0 Å². The van der Waals surface area contributed by atoms with Gasteiger partial charge in [0.05, 0.1) is 5.71 Å². The molecule has 0 aromatic heterocycles. The van der Waals surface area contributed by atoms with Gasteiger partial charge < -0.3 is 4.84 Å². The van der Waals surface area contributed by atoms with E-state index < -0.39 is 5.92 Å². The van der Waals surface area contributed by atoms with Crippen LogP contribution in [0, 0.1) is 11.8 Å². The normalized spacial score (nSPS) is 25.0. The second kappa shape index (κ2) is 9.23. The van der Waals surface area contributed by atoms with Crippen molar-refractivity contribution in [2.45, 2.75) is 58.6 Å². The van der Waals surface area contributed by atoms with Crippen molar-refractivity contribution in [1.82, 2.24) is 0 Å². The van der Waals surface area contributed by atoms with Crippen molar-refractivity contribution in [2.75, 3.05) is 12.4 Å². The Bertz CT molecular complexity index is 377. The largest absolute Gasteiger partial charge is 0.396 e. The van der Waals surface area contributed by atoms with Gasteiger partial charge >= 0.3 is 0 Å². The lowest BCUT2D eigenvalue weighted by Crippen LogP contribution is -2.39. The van der Waals surface area contributed by atoms with Gasteiger partial charge in [-0.2, -0.15) is 11.8 Å². The van der Waals surface area contributed by atoms with Gasteiger partial charge in [0.1, 0.15) is 24.1 Å². The van der Waals surface area contributed by atoms with E-state index in [0.29, 0.717) is 36.8 Å². The van der Waals surface area contributed by atoms with Crippen LogP contribution in [0.5, 0.6) is 0 Å². The summed E-state index contributed by atoms with van der Waals surface area (Å²) in [7, 11) is 0. The van der Waals surface area contributed by atoms with Gasteiger partial charge in [-0.1, -0.05) is 25.9 Å². The molecule has 21 heavy (non-hydrogen) atoms. The smallest absolute Gasteiger partial charge is 0.149 e. The number of Topliss-reactive ketones (excluding diaryl/α,β-unsaturated/α-hetero) is 2. The molecule has 1 atom stereocenters. The van der Waals surface area contributed by atoms with E-state index in [4.69, 9.17) is 4.84 Å². The number of carbonyl (C=O) groups excluding carboxylic acids is 2. The van der Waals surface area contributed by atoms with Gasteiger partial charge in [-0.25, -0.2) is 0 Å². The molecule has 0 radical (unpaired) electrons. The predicted octanol–water partition coefficient (Wildman–Crippen LogP) is 3.49. The fourth-order valence-corrected chi connectivity index (χ4v) is 3.86. The van der Waals surface area contributed by atoms with E-state index in [9.17, 15) is 9.59 Å². The summed E-state index contributed by atoms with van der Waals surface area (Å²) in [5.41, 5.74) is 0.585. The first-order chi connectivity index (χ1) is 10.0. The molecular formula is C16H27NO3S. The third kappa shape index (κ3) is 5.46. The zero-order valence-electron chi connectivity index (χ0n) is 13.6. The third-order valence-corrected chi connectivity index (χ3v) is 4.84. The second-order valence-electron chi connectivity index (χ2n) is 5.50. The number of ketones is 2. The molecule has 4 nitrogen and oxygen atoms in total. The van der Waals surface area contributed by atoms with Crippen molar-refractivity contribution in [3.63, 3.8) is 0 Å². The van der Waals surface area contributed by atoms with Crippen molar-refractivity contribution in [3.8, 4) is 0 Å². The first kappa shape index (κ1) is 18.2. The molecule has 1 aliphatic carbocycles. The Morgan fingerprint density at radius 2 is 1.90 bits per heavy atom. The van der Waals surface area contributed by atoms with Crippen LogP contribution in [0.25, 0.3) is 0 Å². The zero-order valence-corrected chi connectivity index (χ0v) is 14.4. The molecule has 1 rings (SSSR count). The van der Waals surface area contributed by atoms with E-state index in [0.717, 1.165) is 12.2 Å². The Hall–Kier alpha value is -0.840. The SMILES string of the molecule is CCON=C(CC)C1C(=O)CC(CC(C)SCC)CC1=O. The van der Waals surface area contributed by atoms with E-state index in [1.54, 1.807) is 0 Å². The highest BCUT2D eigenvalue weighted by molar-refractivity contribution is 7.99. The molecule has 0 bridgehead atoms. The summed E-state index contributed by atoms with van der Waals surface area (Å²) in [6.07, 6.45) is 2.51. The van der Waals surface area contributed by atoms with E-state index in [-0.39, 0.29) is 17.5 Å². The van der Waals surface area contributed by atoms with Crippen molar-refractivity contribution < 1.29 is 14.4 Å². The Kier molecular flexibility index (Phi) is 8.01. The van der Waals surface area contributed by atoms with Gasteiger partial charge in [-0.05, 0) is 31.4 Å². The lowest BCUT2D eigenvalue weighted by atomic mass is 9.76. The summed E-state index contributed by atoms with van der Waals surface area (Å²) in [6.45, 7) is 8.50. The average Bonchev–Trinajstić information content (AvgIpc) is 2.41. The molecule has 0 amide bonds. The van der Waals surface area contributed by atoms with Gasteiger partial charge in [-0.15, -0.1) is 0 Å². The molecule has 0 saturated heterocycles. The quantitative estimate of drug-likeness (QED) is 0.391. The van der Waals surface area contributed by atoms with Crippen LogP contribution in [0.1, 0.15) is 53.4 Å². The maximum atomic E-state index is 12.4. The van der Waals surface area contributed by atoms with E-state index in [1.165, 1.54) is 0 Å². The molecule has 0 heterocycles. The minimum atomic E-state index is -0.660. The van der Waals surface area contributed by atoms with Crippen LogP contribution in [-0.2, 0) is 14.4 Å². The van der Waals surface area contributed by atoms with Crippen LogP contribution in [-0.4, -0.2) is 34.9 Å². The number of thioether (sulfide) groups is 1. The van der Waals surface area contributed by atoms with Gasteiger partial charge in [0.25, 0.3) is 0 Å². The van der Waals surface area contributed by atoms with Gasteiger partial charge in [-0.3, -0.25) is 9.59 Å². The minimum Gasteiger partial charge on any atom is -0.396 e. The molecule has 1 aliphatic rings.